The van der Waals surface area contributed by atoms with Crippen LogP contribution >= 0.6 is 0 Å². The first-order valence-electron chi connectivity index (χ1n) is 5.59. The van der Waals surface area contributed by atoms with Gasteiger partial charge in [-0.3, -0.25) is 9.48 Å². The molecule has 2 heterocycles. The van der Waals surface area contributed by atoms with Gasteiger partial charge in [0.1, 0.15) is 0 Å². The lowest BCUT2D eigenvalue weighted by Crippen LogP contribution is -2.22. The van der Waals surface area contributed by atoms with Crippen molar-refractivity contribution in [2.24, 2.45) is 0 Å². The second-order valence-electron chi connectivity index (χ2n) is 3.78. The van der Waals surface area contributed by atoms with Gasteiger partial charge in [0.15, 0.2) is 5.69 Å². The molecule has 2 aromatic rings. The average Bonchev–Trinajstić information content (AvgIpc) is 3.04. The van der Waals surface area contributed by atoms with Crippen LogP contribution in [0.25, 0.3) is 0 Å². The molecule has 0 atom stereocenters. The highest BCUT2D eigenvalue weighted by Crippen LogP contribution is 2.08. The van der Waals surface area contributed by atoms with Gasteiger partial charge in [-0.15, -0.1) is 5.10 Å². The van der Waals surface area contributed by atoms with Gasteiger partial charge in [0, 0.05) is 24.8 Å². The van der Waals surface area contributed by atoms with Gasteiger partial charge < -0.3 is 15.4 Å². The Bertz CT molecular complexity index is 602. The summed E-state index contributed by atoms with van der Waals surface area (Å²) in [6, 6.07) is 1.09. The van der Waals surface area contributed by atoms with Gasteiger partial charge in [-0.2, -0.15) is 5.10 Å². The highest BCUT2D eigenvalue weighted by Gasteiger charge is 2.16. The summed E-state index contributed by atoms with van der Waals surface area (Å²) in [7, 11) is 0. The molecule has 0 radical (unpaired) electrons. The Morgan fingerprint density at radius 1 is 1.63 bits per heavy atom. The van der Waals surface area contributed by atoms with Gasteiger partial charge in [-0.05, 0) is 11.8 Å². The van der Waals surface area contributed by atoms with Crippen LogP contribution in [-0.2, 0) is 13.1 Å². The number of amides is 1. The highest BCUT2D eigenvalue weighted by atomic mass is 16.6. The number of aromatic nitrogens is 4. The normalized spacial score (nSPS) is 10.4. The Morgan fingerprint density at radius 3 is 3.00 bits per heavy atom. The molecule has 0 aromatic carbocycles. The molecule has 0 aliphatic carbocycles. The summed E-state index contributed by atoms with van der Waals surface area (Å²) in [6.45, 7) is 3.00. The number of hydrogen-bond acceptors (Lipinski definition) is 5. The van der Waals surface area contributed by atoms with Crippen LogP contribution in [0, 0.1) is 10.1 Å². The van der Waals surface area contributed by atoms with Crippen LogP contribution in [0.4, 0.5) is 5.82 Å². The minimum Gasteiger partial charge on any atom is -0.358 e. The zero-order valence-electron chi connectivity index (χ0n) is 10.2. The molecule has 9 nitrogen and oxygen atoms in total. The third-order valence-corrected chi connectivity index (χ3v) is 2.46. The number of aromatic amines is 1. The number of H-pyrrole nitrogens is 1. The van der Waals surface area contributed by atoms with Crippen molar-refractivity contribution in [3.05, 3.63) is 39.8 Å². The SMILES string of the molecule is CCn1cc(CNC(=O)c2cc([N+](=O)[O-])[nH]n2)cn1. The third kappa shape index (κ3) is 2.94. The van der Waals surface area contributed by atoms with E-state index < -0.39 is 10.8 Å². The molecular formula is C10H12N6O3. The number of nitro groups is 1. The summed E-state index contributed by atoms with van der Waals surface area (Å²) >= 11 is 0. The van der Waals surface area contributed by atoms with E-state index in [-0.39, 0.29) is 11.5 Å². The van der Waals surface area contributed by atoms with Gasteiger partial charge in [-0.1, -0.05) is 5.10 Å². The fraction of sp³-hybridized carbons (Fsp3) is 0.300. The minimum atomic E-state index is -0.644. The molecule has 0 saturated heterocycles. The molecule has 0 aliphatic rings. The summed E-state index contributed by atoms with van der Waals surface area (Å²) in [5.41, 5.74) is 0.829. The Kier molecular flexibility index (Phi) is 3.55. The third-order valence-electron chi connectivity index (χ3n) is 2.46. The summed E-state index contributed by atoms with van der Waals surface area (Å²) in [5, 5.41) is 22.9. The number of aryl methyl sites for hydroxylation is 1. The fourth-order valence-corrected chi connectivity index (χ4v) is 1.46. The summed E-state index contributed by atoms with van der Waals surface area (Å²) in [6.07, 6.45) is 3.46. The van der Waals surface area contributed by atoms with E-state index in [9.17, 15) is 14.9 Å². The second kappa shape index (κ2) is 5.29. The lowest BCUT2D eigenvalue weighted by Gasteiger charge is -1.99. The van der Waals surface area contributed by atoms with E-state index in [4.69, 9.17) is 0 Å². The van der Waals surface area contributed by atoms with E-state index in [1.165, 1.54) is 0 Å². The molecule has 0 unspecified atom stereocenters. The smallest absolute Gasteiger partial charge is 0.343 e. The minimum absolute atomic E-state index is 0.0189. The first-order chi connectivity index (χ1) is 9.10. The van der Waals surface area contributed by atoms with Crippen LogP contribution in [0.15, 0.2) is 18.5 Å². The van der Waals surface area contributed by atoms with Crippen molar-refractivity contribution >= 4 is 11.7 Å². The Labute approximate surface area is 107 Å². The maximum atomic E-state index is 11.7. The van der Waals surface area contributed by atoms with Crippen LogP contribution in [0.3, 0.4) is 0 Å². The molecule has 0 fully saturated rings. The number of carbonyl (C=O) groups excluding carboxylic acids is 1. The van der Waals surface area contributed by atoms with E-state index >= 15 is 0 Å². The second-order valence-corrected chi connectivity index (χ2v) is 3.78. The predicted molar refractivity (Wildman–Crippen MR) is 64.3 cm³/mol. The molecule has 0 spiro atoms. The first-order valence-corrected chi connectivity index (χ1v) is 5.59. The van der Waals surface area contributed by atoms with Gasteiger partial charge in [-0.25, -0.2) is 0 Å². The molecule has 100 valence electrons. The van der Waals surface area contributed by atoms with Gasteiger partial charge in [0.05, 0.1) is 12.3 Å². The molecule has 0 bridgehead atoms. The topological polar surface area (TPSA) is 119 Å². The van der Waals surface area contributed by atoms with Gasteiger partial charge in [0.2, 0.25) is 0 Å². The maximum absolute atomic E-state index is 11.7. The molecule has 2 rings (SSSR count). The molecule has 19 heavy (non-hydrogen) atoms. The zero-order chi connectivity index (χ0) is 13.8. The lowest BCUT2D eigenvalue weighted by atomic mass is 10.3. The van der Waals surface area contributed by atoms with Gasteiger partial charge in [0.25, 0.3) is 5.91 Å². The Hall–Kier alpha value is -2.71. The summed E-state index contributed by atoms with van der Waals surface area (Å²) < 4.78 is 1.74. The highest BCUT2D eigenvalue weighted by molar-refractivity contribution is 5.92. The molecule has 0 aliphatic heterocycles. The summed E-state index contributed by atoms with van der Waals surface area (Å²) in [5.74, 6) is -0.794. The molecule has 1 amide bonds. The van der Waals surface area contributed by atoms with E-state index in [2.05, 4.69) is 20.6 Å². The van der Waals surface area contributed by atoms with E-state index in [1.54, 1.807) is 10.9 Å². The number of nitrogens with one attached hydrogen (secondary N) is 2. The van der Waals surface area contributed by atoms with Crippen molar-refractivity contribution < 1.29 is 9.72 Å². The van der Waals surface area contributed by atoms with E-state index in [0.29, 0.717) is 6.54 Å². The lowest BCUT2D eigenvalue weighted by molar-refractivity contribution is -0.389. The first kappa shape index (κ1) is 12.7. The summed E-state index contributed by atoms with van der Waals surface area (Å²) in [4.78, 5) is 21.5. The van der Waals surface area contributed by atoms with E-state index in [0.717, 1.165) is 18.2 Å². The quantitative estimate of drug-likeness (QED) is 0.600. The van der Waals surface area contributed by atoms with Crippen LogP contribution in [0.2, 0.25) is 0 Å². The van der Waals surface area contributed by atoms with Crippen LogP contribution in [0.5, 0.6) is 0 Å². The van der Waals surface area contributed by atoms with Crippen LogP contribution in [0.1, 0.15) is 23.0 Å². The van der Waals surface area contributed by atoms with Gasteiger partial charge >= 0.3 is 5.82 Å². The number of hydrogen-bond donors (Lipinski definition) is 2. The number of carbonyl (C=O) groups is 1. The Balaban J connectivity index is 1.95. The van der Waals surface area contributed by atoms with Crippen molar-refractivity contribution in [2.75, 3.05) is 0 Å². The zero-order valence-corrected chi connectivity index (χ0v) is 10.2. The molecule has 2 N–H and O–H groups in total. The van der Waals surface area contributed by atoms with Crippen molar-refractivity contribution in [3.63, 3.8) is 0 Å². The van der Waals surface area contributed by atoms with Crippen molar-refractivity contribution in [2.45, 2.75) is 20.0 Å². The predicted octanol–water partition coefficient (Wildman–Crippen LogP) is 0.464. The van der Waals surface area contributed by atoms with Crippen LogP contribution < -0.4 is 5.32 Å². The standard InChI is InChI=1S/C10H12N6O3/c1-2-15-6-7(5-12-15)4-11-10(17)8-3-9(14-13-8)16(18)19/h3,5-6H,2,4H2,1H3,(H,11,17)(H,13,14). The monoisotopic (exact) mass is 264 g/mol. The van der Waals surface area contributed by atoms with Crippen molar-refractivity contribution in [3.8, 4) is 0 Å². The number of nitrogens with zero attached hydrogens (tertiary/aromatic N) is 4. The maximum Gasteiger partial charge on any atom is 0.343 e. The fourth-order valence-electron chi connectivity index (χ4n) is 1.46. The average molecular weight is 264 g/mol. The number of rotatable bonds is 5. The molecule has 0 saturated carbocycles. The Morgan fingerprint density at radius 2 is 2.42 bits per heavy atom. The largest absolute Gasteiger partial charge is 0.358 e. The van der Waals surface area contributed by atoms with Crippen LogP contribution in [-0.4, -0.2) is 30.8 Å². The molecule has 2 aromatic heterocycles. The van der Waals surface area contributed by atoms with Crippen molar-refractivity contribution in [1.82, 2.24) is 25.3 Å². The van der Waals surface area contributed by atoms with E-state index in [1.807, 2.05) is 13.1 Å². The van der Waals surface area contributed by atoms with Crippen molar-refractivity contribution in [1.29, 1.82) is 0 Å². The molecule has 9 heteroatoms. The molecular weight excluding hydrogens is 252 g/mol.